The number of likely N-dealkylation sites (tertiary alicyclic amines) is 1. The number of halogens is 1. The lowest BCUT2D eigenvalue weighted by Gasteiger charge is -2.29. The Bertz CT molecular complexity index is 1120. The fraction of sp³-hybridized carbons (Fsp3) is 0.429. The third-order valence-electron chi connectivity index (χ3n) is 5.72. The van der Waals surface area contributed by atoms with Gasteiger partial charge in [0.05, 0.1) is 14.2 Å². The van der Waals surface area contributed by atoms with Crippen LogP contribution < -0.4 is 15.2 Å². The average Bonchev–Trinajstić information content (AvgIpc) is 3.17. The zero-order valence-corrected chi connectivity index (χ0v) is 20.4. The fourth-order valence-corrected chi connectivity index (χ4v) is 5.39. The number of hydrogen-bond acceptors (Lipinski definition) is 8. The molecule has 0 aliphatic carbocycles. The first-order valence-corrected chi connectivity index (χ1v) is 11.9. The smallest absolute Gasteiger partial charge is 0.209 e. The standard InChI is InChI=1S/C21H25BrN6O3S/c1-30-15-9-14(22)17(10-16(15)31-2)32-21-26-18-19(23)24-11-25-20(18)28(21)8-5-13-3-6-27(12-29)7-4-13/h9-13H,3-8H2,1-2H3,(H2,23,24,25). The molecule has 1 aliphatic rings. The number of benzene rings is 1. The van der Waals surface area contributed by atoms with E-state index >= 15 is 0 Å². The predicted octanol–water partition coefficient (Wildman–Crippen LogP) is 3.60. The number of anilines is 1. The molecule has 170 valence electrons. The highest BCUT2D eigenvalue weighted by atomic mass is 79.9. The van der Waals surface area contributed by atoms with E-state index in [0.717, 1.165) is 65.5 Å². The van der Waals surface area contributed by atoms with E-state index in [-0.39, 0.29) is 0 Å². The topological polar surface area (TPSA) is 108 Å². The Kier molecular flexibility index (Phi) is 7.04. The highest BCUT2D eigenvalue weighted by Crippen LogP contribution is 2.41. The van der Waals surface area contributed by atoms with Gasteiger partial charge in [-0.15, -0.1) is 0 Å². The third kappa shape index (κ3) is 4.63. The number of nitrogens with zero attached hydrogens (tertiary/aromatic N) is 5. The number of carbonyl (C=O) groups excluding carboxylic acids is 1. The van der Waals surface area contributed by atoms with Gasteiger partial charge in [-0.25, -0.2) is 15.0 Å². The first-order chi connectivity index (χ1) is 15.5. The van der Waals surface area contributed by atoms with Crippen molar-refractivity contribution in [3.63, 3.8) is 0 Å². The van der Waals surface area contributed by atoms with Crippen molar-refractivity contribution in [2.75, 3.05) is 33.0 Å². The van der Waals surface area contributed by atoms with Gasteiger partial charge >= 0.3 is 0 Å². The minimum absolute atomic E-state index is 0.362. The number of imidazole rings is 1. The SMILES string of the molecule is COc1cc(Br)c(Sc2nc3c(N)ncnc3n2CCC2CCN(C=O)CC2)cc1OC. The van der Waals surface area contributed by atoms with Crippen molar-refractivity contribution in [2.45, 2.75) is 35.9 Å². The summed E-state index contributed by atoms with van der Waals surface area (Å²) in [5.74, 6) is 2.20. The zero-order chi connectivity index (χ0) is 22.7. The van der Waals surface area contributed by atoms with E-state index in [9.17, 15) is 4.79 Å². The summed E-state index contributed by atoms with van der Waals surface area (Å²) in [6.45, 7) is 2.38. The van der Waals surface area contributed by atoms with Crippen LogP contribution in [0.3, 0.4) is 0 Å². The average molecular weight is 521 g/mol. The number of carbonyl (C=O) groups is 1. The van der Waals surface area contributed by atoms with Gasteiger partial charge in [-0.1, -0.05) is 11.8 Å². The number of ether oxygens (including phenoxy) is 2. The molecule has 0 radical (unpaired) electrons. The second-order valence-electron chi connectivity index (χ2n) is 7.59. The Hall–Kier alpha value is -2.53. The largest absolute Gasteiger partial charge is 0.493 e. The summed E-state index contributed by atoms with van der Waals surface area (Å²) in [4.78, 5) is 27.1. The monoisotopic (exact) mass is 520 g/mol. The summed E-state index contributed by atoms with van der Waals surface area (Å²) in [5, 5.41) is 0.783. The van der Waals surface area contributed by atoms with Crippen molar-refractivity contribution in [2.24, 2.45) is 5.92 Å². The summed E-state index contributed by atoms with van der Waals surface area (Å²) in [6, 6.07) is 3.80. The molecule has 1 aromatic carbocycles. The Balaban J connectivity index is 1.63. The Labute approximate surface area is 198 Å². The molecular formula is C21H25BrN6O3S. The summed E-state index contributed by atoms with van der Waals surface area (Å²) < 4.78 is 13.8. The van der Waals surface area contributed by atoms with E-state index in [1.165, 1.54) is 18.1 Å². The molecule has 0 atom stereocenters. The van der Waals surface area contributed by atoms with Crippen molar-refractivity contribution in [1.29, 1.82) is 0 Å². The molecule has 9 nitrogen and oxygen atoms in total. The number of fused-ring (bicyclic) bond motifs is 1. The number of nitrogens with two attached hydrogens (primary N) is 1. The quantitative estimate of drug-likeness (QED) is 0.448. The van der Waals surface area contributed by atoms with Gasteiger partial charge in [0.2, 0.25) is 6.41 Å². The highest BCUT2D eigenvalue weighted by molar-refractivity contribution is 9.10. The van der Waals surface area contributed by atoms with Crippen LogP contribution in [-0.2, 0) is 11.3 Å². The molecule has 2 aromatic heterocycles. The van der Waals surface area contributed by atoms with Crippen LogP contribution in [0.1, 0.15) is 19.3 Å². The van der Waals surface area contributed by atoms with Crippen molar-refractivity contribution >= 4 is 51.1 Å². The number of aromatic nitrogens is 4. The number of aryl methyl sites for hydroxylation is 1. The number of methoxy groups -OCH3 is 2. The number of rotatable bonds is 8. The molecule has 32 heavy (non-hydrogen) atoms. The molecule has 0 bridgehead atoms. The summed E-state index contributed by atoms with van der Waals surface area (Å²) >= 11 is 5.13. The van der Waals surface area contributed by atoms with E-state index in [1.807, 2.05) is 17.0 Å². The molecule has 2 N–H and O–H groups in total. The minimum atomic E-state index is 0.362. The lowest BCUT2D eigenvalue weighted by Crippen LogP contribution is -2.32. The fourth-order valence-electron chi connectivity index (χ4n) is 3.88. The van der Waals surface area contributed by atoms with Gasteiger partial charge in [-0.2, -0.15) is 0 Å². The molecule has 1 saturated heterocycles. The maximum atomic E-state index is 11.0. The van der Waals surface area contributed by atoms with Crippen molar-refractivity contribution in [3.8, 4) is 11.5 Å². The second kappa shape index (κ2) is 9.95. The predicted molar refractivity (Wildman–Crippen MR) is 126 cm³/mol. The van der Waals surface area contributed by atoms with Gasteiger partial charge < -0.3 is 24.7 Å². The van der Waals surface area contributed by atoms with Gasteiger partial charge in [0.25, 0.3) is 0 Å². The Morgan fingerprint density at radius 1 is 1.22 bits per heavy atom. The molecule has 1 aliphatic heterocycles. The molecule has 0 unspecified atom stereocenters. The normalized spacial score (nSPS) is 14.7. The van der Waals surface area contributed by atoms with Crippen LogP contribution in [0.2, 0.25) is 0 Å². The van der Waals surface area contributed by atoms with Crippen LogP contribution in [0.5, 0.6) is 11.5 Å². The number of piperidine rings is 1. The molecule has 3 heterocycles. The lowest BCUT2D eigenvalue weighted by molar-refractivity contribution is -0.119. The van der Waals surface area contributed by atoms with Gasteiger partial charge in [-0.05, 0) is 53.2 Å². The molecule has 1 amide bonds. The van der Waals surface area contributed by atoms with Crippen molar-refractivity contribution < 1.29 is 14.3 Å². The molecule has 1 fully saturated rings. The van der Waals surface area contributed by atoms with Crippen LogP contribution in [0.15, 0.2) is 33.0 Å². The second-order valence-corrected chi connectivity index (χ2v) is 9.45. The molecule has 0 spiro atoms. The van der Waals surface area contributed by atoms with Crippen molar-refractivity contribution in [1.82, 2.24) is 24.4 Å². The van der Waals surface area contributed by atoms with Crippen LogP contribution >= 0.6 is 27.7 Å². The summed E-state index contributed by atoms with van der Waals surface area (Å²) in [7, 11) is 3.22. The Morgan fingerprint density at radius 3 is 2.62 bits per heavy atom. The third-order valence-corrected chi connectivity index (χ3v) is 7.69. The van der Waals surface area contributed by atoms with Crippen LogP contribution in [-0.4, -0.2) is 58.1 Å². The molecular weight excluding hydrogens is 496 g/mol. The highest BCUT2D eigenvalue weighted by Gasteiger charge is 2.22. The minimum Gasteiger partial charge on any atom is -0.493 e. The summed E-state index contributed by atoms with van der Waals surface area (Å²) in [5.41, 5.74) is 7.42. The van der Waals surface area contributed by atoms with Crippen LogP contribution in [0, 0.1) is 5.92 Å². The van der Waals surface area contributed by atoms with E-state index < -0.39 is 0 Å². The zero-order valence-electron chi connectivity index (χ0n) is 18.0. The molecule has 11 heteroatoms. The van der Waals surface area contributed by atoms with E-state index in [4.69, 9.17) is 20.2 Å². The first kappa shape index (κ1) is 22.7. The van der Waals surface area contributed by atoms with E-state index in [0.29, 0.717) is 28.8 Å². The number of hydrogen-bond donors (Lipinski definition) is 1. The van der Waals surface area contributed by atoms with Gasteiger partial charge in [-0.3, -0.25) is 4.79 Å². The number of amides is 1. The van der Waals surface area contributed by atoms with Gasteiger partial charge in [0, 0.05) is 29.0 Å². The van der Waals surface area contributed by atoms with E-state index in [1.54, 1.807) is 14.2 Å². The van der Waals surface area contributed by atoms with Crippen molar-refractivity contribution in [3.05, 3.63) is 22.9 Å². The Morgan fingerprint density at radius 2 is 1.94 bits per heavy atom. The first-order valence-electron chi connectivity index (χ1n) is 10.3. The van der Waals surface area contributed by atoms with Gasteiger partial charge in [0.1, 0.15) is 6.33 Å². The van der Waals surface area contributed by atoms with Crippen LogP contribution in [0.4, 0.5) is 5.82 Å². The lowest BCUT2D eigenvalue weighted by atomic mass is 9.94. The molecule has 3 aromatic rings. The number of nitrogen functional groups attached to an aromatic ring is 1. The van der Waals surface area contributed by atoms with Gasteiger partial charge in [0.15, 0.2) is 33.6 Å². The van der Waals surface area contributed by atoms with E-state index in [2.05, 4.69) is 30.5 Å². The molecule has 4 rings (SSSR count). The molecule has 0 saturated carbocycles. The van der Waals surface area contributed by atoms with Crippen LogP contribution in [0.25, 0.3) is 11.2 Å². The maximum Gasteiger partial charge on any atom is 0.209 e. The summed E-state index contributed by atoms with van der Waals surface area (Å²) in [6.07, 6.45) is 5.40. The maximum absolute atomic E-state index is 11.0.